The standard InChI is InChI=1S/C19H18N4O5S/c1-12-6-7-14(28-2)11-16(12)22-17-18(21-9-8-20-17)23-29(26,27)15-5-3-4-13(10-15)19(24)25/h3-11H,1-2H3,(H,20,22)(H,21,23)(H,24,25). The molecule has 3 rings (SSSR count). The molecular weight excluding hydrogens is 396 g/mol. The Bertz CT molecular complexity index is 1160. The van der Waals surface area contributed by atoms with Gasteiger partial charge in [0, 0.05) is 24.1 Å². The predicted octanol–water partition coefficient (Wildman–Crippen LogP) is 3.04. The first kappa shape index (κ1) is 20.1. The summed E-state index contributed by atoms with van der Waals surface area (Å²) in [5.41, 5.74) is 1.41. The number of hydrogen-bond donors (Lipinski definition) is 3. The van der Waals surface area contributed by atoms with Crippen molar-refractivity contribution < 1.29 is 23.1 Å². The normalized spacial score (nSPS) is 11.0. The molecule has 0 radical (unpaired) electrons. The SMILES string of the molecule is COc1ccc(C)c(Nc2nccnc2NS(=O)(=O)c2cccc(C(=O)O)c2)c1. The van der Waals surface area contributed by atoms with Gasteiger partial charge in [-0.05, 0) is 36.8 Å². The van der Waals surface area contributed by atoms with Crippen LogP contribution in [0.2, 0.25) is 0 Å². The van der Waals surface area contributed by atoms with Gasteiger partial charge in [0.25, 0.3) is 10.0 Å². The van der Waals surface area contributed by atoms with Gasteiger partial charge in [0.1, 0.15) is 5.75 Å². The third-order valence-electron chi connectivity index (χ3n) is 4.02. The number of nitrogens with one attached hydrogen (secondary N) is 2. The average Bonchev–Trinajstić information content (AvgIpc) is 2.71. The number of hydrogen-bond acceptors (Lipinski definition) is 7. The van der Waals surface area contributed by atoms with Crippen LogP contribution in [-0.2, 0) is 10.0 Å². The molecule has 3 N–H and O–H groups in total. The fourth-order valence-corrected chi connectivity index (χ4v) is 3.54. The third-order valence-corrected chi connectivity index (χ3v) is 5.35. The molecule has 2 aromatic carbocycles. The third kappa shape index (κ3) is 4.61. The molecule has 150 valence electrons. The van der Waals surface area contributed by atoms with Crippen LogP contribution in [0, 0.1) is 6.92 Å². The Morgan fingerprint density at radius 2 is 1.79 bits per heavy atom. The van der Waals surface area contributed by atoms with Gasteiger partial charge < -0.3 is 15.2 Å². The Balaban J connectivity index is 1.93. The first-order valence-corrected chi connectivity index (χ1v) is 9.87. The largest absolute Gasteiger partial charge is 0.497 e. The van der Waals surface area contributed by atoms with E-state index in [1.54, 1.807) is 19.2 Å². The molecule has 0 fully saturated rings. The molecule has 1 aromatic heterocycles. The van der Waals surface area contributed by atoms with Crippen LogP contribution in [0.5, 0.6) is 5.75 Å². The molecule has 0 unspecified atom stereocenters. The molecular formula is C19H18N4O5S. The van der Waals surface area contributed by atoms with E-state index in [1.165, 1.54) is 30.6 Å². The molecule has 9 nitrogen and oxygen atoms in total. The zero-order valence-electron chi connectivity index (χ0n) is 15.6. The van der Waals surface area contributed by atoms with Crippen molar-refractivity contribution in [2.75, 3.05) is 17.1 Å². The van der Waals surface area contributed by atoms with E-state index in [0.717, 1.165) is 11.6 Å². The van der Waals surface area contributed by atoms with Crippen molar-refractivity contribution in [3.8, 4) is 5.75 Å². The molecule has 3 aromatic rings. The molecule has 0 bridgehead atoms. The van der Waals surface area contributed by atoms with Gasteiger partial charge in [-0.15, -0.1) is 0 Å². The fourth-order valence-electron chi connectivity index (χ4n) is 2.48. The molecule has 10 heteroatoms. The van der Waals surface area contributed by atoms with E-state index in [1.807, 2.05) is 13.0 Å². The predicted molar refractivity (Wildman–Crippen MR) is 107 cm³/mol. The number of carbonyl (C=O) groups is 1. The van der Waals surface area contributed by atoms with Gasteiger partial charge in [-0.3, -0.25) is 4.72 Å². The van der Waals surface area contributed by atoms with Gasteiger partial charge in [-0.25, -0.2) is 23.2 Å². The molecule has 0 amide bonds. The molecule has 0 saturated carbocycles. The second-order valence-corrected chi connectivity index (χ2v) is 7.68. The number of nitrogens with zero attached hydrogens (tertiary/aromatic N) is 2. The van der Waals surface area contributed by atoms with Crippen molar-refractivity contribution in [1.82, 2.24) is 9.97 Å². The number of benzene rings is 2. The molecule has 0 spiro atoms. The molecule has 1 heterocycles. The number of ether oxygens (including phenoxy) is 1. The summed E-state index contributed by atoms with van der Waals surface area (Å²) in [6.45, 7) is 1.87. The zero-order valence-corrected chi connectivity index (χ0v) is 16.4. The number of anilines is 3. The molecule has 0 aliphatic heterocycles. The monoisotopic (exact) mass is 414 g/mol. The minimum Gasteiger partial charge on any atom is -0.497 e. The van der Waals surface area contributed by atoms with Gasteiger partial charge in [-0.1, -0.05) is 12.1 Å². The second-order valence-electron chi connectivity index (χ2n) is 6.00. The Kier molecular flexibility index (Phi) is 5.64. The minimum absolute atomic E-state index is 0.0320. The van der Waals surface area contributed by atoms with Crippen molar-refractivity contribution in [3.63, 3.8) is 0 Å². The lowest BCUT2D eigenvalue weighted by atomic mass is 10.2. The van der Waals surface area contributed by atoms with E-state index in [9.17, 15) is 13.2 Å². The van der Waals surface area contributed by atoms with Crippen LogP contribution in [0.3, 0.4) is 0 Å². The minimum atomic E-state index is -4.09. The van der Waals surface area contributed by atoms with Gasteiger partial charge in [0.2, 0.25) is 0 Å². The maximum atomic E-state index is 12.7. The van der Waals surface area contributed by atoms with Gasteiger partial charge in [-0.2, -0.15) is 0 Å². The first-order chi connectivity index (χ1) is 13.8. The molecule has 0 aliphatic rings. The lowest BCUT2D eigenvalue weighted by molar-refractivity contribution is 0.0696. The second kappa shape index (κ2) is 8.15. The van der Waals surface area contributed by atoms with E-state index in [2.05, 4.69) is 20.0 Å². The molecule has 0 aliphatic carbocycles. The van der Waals surface area contributed by atoms with Gasteiger partial charge in [0.15, 0.2) is 11.6 Å². The smallest absolute Gasteiger partial charge is 0.335 e. The Morgan fingerprint density at radius 1 is 1.07 bits per heavy atom. The highest BCUT2D eigenvalue weighted by Gasteiger charge is 2.19. The van der Waals surface area contributed by atoms with Crippen molar-refractivity contribution in [2.45, 2.75) is 11.8 Å². The first-order valence-electron chi connectivity index (χ1n) is 8.39. The molecule has 0 saturated heterocycles. The number of aryl methyl sites for hydroxylation is 1. The van der Waals surface area contributed by atoms with Crippen molar-refractivity contribution in [3.05, 3.63) is 66.0 Å². The number of methoxy groups -OCH3 is 1. The Labute approximate surface area is 167 Å². The van der Waals surface area contributed by atoms with E-state index in [-0.39, 0.29) is 22.1 Å². The molecule has 0 atom stereocenters. The van der Waals surface area contributed by atoms with Crippen molar-refractivity contribution >= 4 is 33.3 Å². The van der Waals surface area contributed by atoms with E-state index >= 15 is 0 Å². The lowest BCUT2D eigenvalue weighted by Crippen LogP contribution is -2.16. The fraction of sp³-hybridized carbons (Fsp3) is 0.105. The number of carboxylic acids is 1. The van der Waals surface area contributed by atoms with Crippen LogP contribution in [0.25, 0.3) is 0 Å². The summed E-state index contributed by atoms with van der Waals surface area (Å²) in [5.74, 6) is -0.454. The Hall–Kier alpha value is -3.66. The Morgan fingerprint density at radius 3 is 2.48 bits per heavy atom. The van der Waals surface area contributed by atoms with Crippen LogP contribution in [0.4, 0.5) is 17.3 Å². The lowest BCUT2D eigenvalue weighted by Gasteiger charge is -2.14. The average molecular weight is 414 g/mol. The number of sulfonamides is 1. The van der Waals surface area contributed by atoms with Crippen LogP contribution in [-0.4, -0.2) is 36.6 Å². The number of aromatic carboxylic acids is 1. The van der Waals surface area contributed by atoms with Gasteiger partial charge in [0.05, 0.1) is 17.6 Å². The summed E-state index contributed by atoms with van der Waals surface area (Å²) in [7, 11) is -2.54. The number of rotatable bonds is 7. The maximum absolute atomic E-state index is 12.7. The topological polar surface area (TPSA) is 131 Å². The number of carboxylic acid groups (broad SMARTS) is 1. The highest BCUT2D eigenvalue weighted by Crippen LogP contribution is 2.28. The van der Waals surface area contributed by atoms with E-state index in [0.29, 0.717) is 11.4 Å². The quantitative estimate of drug-likeness (QED) is 0.538. The summed E-state index contributed by atoms with van der Waals surface area (Å²) in [6, 6.07) is 10.4. The van der Waals surface area contributed by atoms with Crippen molar-refractivity contribution in [2.24, 2.45) is 0 Å². The highest BCUT2D eigenvalue weighted by molar-refractivity contribution is 7.92. The number of aromatic nitrogens is 2. The summed E-state index contributed by atoms with van der Waals surface area (Å²) >= 11 is 0. The van der Waals surface area contributed by atoms with Crippen LogP contribution < -0.4 is 14.8 Å². The maximum Gasteiger partial charge on any atom is 0.335 e. The van der Waals surface area contributed by atoms with E-state index < -0.39 is 16.0 Å². The summed E-state index contributed by atoms with van der Waals surface area (Å²) in [5, 5.41) is 12.1. The van der Waals surface area contributed by atoms with Crippen LogP contribution in [0.15, 0.2) is 59.8 Å². The zero-order chi connectivity index (χ0) is 21.0. The van der Waals surface area contributed by atoms with Crippen molar-refractivity contribution in [1.29, 1.82) is 0 Å². The van der Waals surface area contributed by atoms with Crippen LogP contribution in [0.1, 0.15) is 15.9 Å². The summed E-state index contributed by atoms with van der Waals surface area (Å²) < 4.78 is 33.0. The summed E-state index contributed by atoms with van der Waals surface area (Å²) in [6.07, 6.45) is 2.76. The van der Waals surface area contributed by atoms with E-state index in [4.69, 9.17) is 9.84 Å². The van der Waals surface area contributed by atoms with Gasteiger partial charge >= 0.3 is 5.97 Å². The summed E-state index contributed by atoms with van der Waals surface area (Å²) in [4.78, 5) is 19.1. The molecule has 29 heavy (non-hydrogen) atoms. The van der Waals surface area contributed by atoms with Crippen LogP contribution >= 0.6 is 0 Å². The highest BCUT2D eigenvalue weighted by atomic mass is 32.2.